The normalized spacial score (nSPS) is 9.31. The fourth-order valence-electron chi connectivity index (χ4n) is 1.06. The van der Waals surface area contributed by atoms with Crippen molar-refractivity contribution in [2.75, 3.05) is 26.7 Å². The molecular formula is C10H18N2O. The maximum Gasteiger partial charge on any atom is 0.223 e. The number of rotatable bonds is 6. The predicted molar refractivity (Wildman–Crippen MR) is 54.2 cm³/mol. The van der Waals surface area contributed by atoms with E-state index in [1.54, 1.807) is 4.90 Å². The number of nitrogens with zero attached hydrogens (tertiary/aromatic N) is 1. The van der Waals surface area contributed by atoms with E-state index in [2.05, 4.69) is 11.2 Å². The largest absolute Gasteiger partial charge is 0.332 e. The SMILES string of the molecule is C#CCN(CC)C(=O)CCCNC. The summed E-state index contributed by atoms with van der Waals surface area (Å²) in [5.41, 5.74) is 0. The van der Waals surface area contributed by atoms with E-state index >= 15 is 0 Å². The van der Waals surface area contributed by atoms with Crippen LogP contribution in [0.4, 0.5) is 0 Å². The van der Waals surface area contributed by atoms with Gasteiger partial charge in [-0.1, -0.05) is 5.92 Å². The highest BCUT2D eigenvalue weighted by atomic mass is 16.2. The van der Waals surface area contributed by atoms with Crippen molar-refractivity contribution in [3.8, 4) is 12.3 Å². The van der Waals surface area contributed by atoms with Crippen LogP contribution in [0.25, 0.3) is 0 Å². The molecule has 0 atom stereocenters. The number of nitrogens with one attached hydrogen (secondary N) is 1. The van der Waals surface area contributed by atoms with E-state index in [1.165, 1.54) is 0 Å². The molecule has 0 aromatic heterocycles. The molecule has 0 saturated heterocycles. The lowest BCUT2D eigenvalue weighted by atomic mass is 10.2. The zero-order chi connectivity index (χ0) is 10.1. The van der Waals surface area contributed by atoms with Crippen molar-refractivity contribution in [3.05, 3.63) is 0 Å². The number of carbonyl (C=O) groups is 1. The quantitative estimate of drug-likeness (QED) is 0.478. The Labute approximate surface area is 80.5 Å². The molecule has 1 N–H and O–H groups in total. The molecule has 0 unspecified atom stereocenters. The second-order valence-corrected chi connectivity index (χ2v) is 2.82. The van der Waals surface area contributed by atoms with Crippen molar-refractivity contribution >= 4 is 5.91 Å². The van der Waals surface area contributed by atoms with Gasteiger partial charge in [0.1, 0.15) is 0 Å². The summed E-state index contributed by atoms with van der Waals surface area (Å²) in [4.78, 5) is 13.1. The van der Waals surface area contributed by atoms with Crippen LogP contribution < -0.4 is 5.32 Å². The van der Waals surface area contributed by atoms with Gasteiger partial charge in [-0.2, -0.15) is 0 Å². The molecule has 3 nitrogen and oxygen atoms in total. The number of terminal acetylenes is 1. The third-order valence-corrected chi connectivity index (χ3v) is 1.83. The van der Waals surface area contributed by atoms with E-state index < -0.39 is 0 Å². The van der Waals surface area contributed by atoms with Gasteiger partial charge in [-0.15, -0.1) is 6.42 Å². The lowest BCUT2D eigenvalue weighted by Crippen LogP contribution is -2.31. The maximum absolute atomic E-state index is 11.4. The van der Waals surface area contributed by atoms with E-state index in [-0.39, 0.29) is 5.91 Å². The average molecular weight is 182 g/mol. The molecule has 0 aliphatic heterocycles. The second kappa shape index (κ2) is 7.63. The van der Waals surface area contributed by atoms with Crippen LogP contribution in [0.15, 0.2) is 0 Å². The van der Waals surface area contributed by atoms with Gasteiger partial charge in [-0.05, 0) is 26.9 Å². The van der Waals surface area contributed by atoms with Crippen molar-refractivity contribution in [1.82, 2.24) is 10.2 Å². The van der Waals surface area contributed by atoms with Crippen LogP contribution in [0, 0.1) is 12.3 Å². The van der Waals surface area contributed by atoms with Crippen LogP contribution in [0.1, 0.15) is 19.8 Å². The standard InChI is InChI=1S/C10H18N2O/c1-4-9-12(5-2)10(13)7-6-8-11-3/h1,11H,5-9H2,2-3H3. The van der Waals surface area contributed by atoms with Gasteiger partial charge in [0.25, 0.3) is 0 Å². The molecule has 1 amide bonds. The van der Waals surface area contributed by atoms with Crippen molar-refractivity contribution in [2.45, 2.75) is 19.8 Å². The van der Waals surface area contributed by atoms with Gasteiger partial charge in [-0.3, -0.25) is 4.79 Å². The molecule has 0 saturated carbocycles. The first kappa shape index (κ1) is 12.0. The first-order chi connectivity index (χ1) is 6.26. The van der Waals surface area contributed by atoms with Crippen molar-refractivity contribution in [1.29, 1.82) is 0 Å². The molecule has 0 bridgehead atoms. The van der Waals surface area contributed by atoms with Crippen LogP contribution in [0.2, 0.25) is 0 Å². The van der Waals surface area contributed by atoms with Gasteiger partial charge in [0.05, 0.1) is 6.54 Å². The molecule has 0 heterocycles. The summed E-state index contributed by atoms with van der Waals surface area (Å²) in [5.74, 6) is 2.63. The molecule has 13 heavy (non-hydrogen) atoms. The Morgan fingerprint density at radius 2 is 2.31 bits per heavy atom. The van der Waals surface area contributed by atoms with Gasteiger partial charge in [0.2, 0.25) is 5.91 Å². The number of carbonyl (C=O) groups excluding carboxylic acids is 1. The highest BCUT2D eigenvalue weighted by Crippen LogP contribution is 1.96. The number of hydrogen-bond donors (Lipinski definition) is 1. The minimum absolute atomic E-state index is 0.149. The van der Waals surface area contributed by atoms with E-state index in [0.717, 1.165) is 13.0 Å². The zero-order valence-corrected chi connectivity index (χ0v) is 8.47. The summed E-state index contributed by atoms with van der Waals surface area (Å²) < 4.78 is 0. The Bertz CT molecular complexity index is 184. The van der Waals surface area contributed by atoms with E-state index in [4.69, 9.17) is 6.42 Å². The lowest BCUT2D eigenvalue weighted by Gasteiger charge is -2.17. The van der Waals surface area contributed by atoms with E-state index in [1.807, 2.05) is 14.0 Å². The van der Waals surface area contributed by atoms with Gasteiger partial charge in [0, 0.05) is 13.0 Å². The molecule has 0 spiro atoms. The smallest absolute Gasteiger partial charge is 0.223 e. The third-order valence-electron chi connectivity index (χ3n) is 1.83. The topological polar surface area (TPSA) is 32.3 Å². The van der Waals surface area contributed by atoms with Crippen LogP contribution >= 0.6 is 0 Å². The molecule has 3 heteroatoms. The zero-order valence-electron chi connectivity index (χ0n) is 8.47. The van der Waals surface area contributed by atoms with Gasteiger partial charge >= 0.3 is 0 Å². The van der Waals surface area contributed by atoms with Crippen LogP contribution in [0.3, 0.4) is 0 Å². The van der Waals surface area contributed by atoms with Crippen molar-refractivity contribution in [2.24, 2.45) is 0 Å². The van der Waals surface area contributed by atoms with Crippen molar-refractivity contribution in [3.63, 3.8) is 0 Å². The summed E-state index contributed by atoms with van der Waals surface area (Å²) >= 11 is 0. The average Bonchev–Trinajstić information content (AvgIpc) is 2.14. The minimum Gasteiger partial charge on any atom is -0.332 e. The van der Waals surface area contributed by atoms with Crippen LogP contribution in [-0.2, 0) is 4.79 Å². The van der Waals surface area contributed by atoms with Gasteiger partial charge in [-0.25, -0.2) is 0 Å². The number of amides is 1. The molecule has 0 aromatic carbocycles. The molecule has 0 aliphatic carbocycles. The summed E-state index contributed by atoms with van der Waals surface area (Å²) in [7, 11) is 1.88. The highest BCUT2D eigenvalue weighted by molar-refractivity contribution is 5.76. The molecule has 74 valence electrons. The minimum atomic E-state index is 0.149. The summed E-state index contributed by atoms with van der Waals surface area (Å²) in [6.07, 6.45) is 6.59. The fraction of sp³-hybridized carbons (Fsp3) is 0.700. The van der Waals surface area contributed by atoms with Gasteiger partial charge in [0.15, 0.2) is 0 Å². The van der Waals surface area contributed by atoms with Crippen molar-refractivity contribution < 1.29 is 4.79 Å². The first-order valence-electron chi connectivity index (χ1n) is 4.62. The Hall–Kier alpha value is -1.01. The number of hydrogen-bond acceptors (Lipinski definition) is 2. The second-order valence-electron chi connectivity index (χ2n) is 2.82. The van der Waals surface area contributed by atoms with E-state index in [0.29, 0.717) is 19.5 Å². The molecule has 0 rings (SSSR count). The monoisotopic (exact) mass is 182 g/mol. The molecule has 0 aromatic rings. The first-order valence-corrected chi connectivity index (χ1v) is 4.62. The Kier molecular flexibility index (Phi) is 7.04. The molecule has 0 aliphatic rings. The summed E-state index contributed by atoms with van der Waals surface area (Å²) in [6.45, 7) is 3.93. The lowest BCUT2D eigenvalue weighted by molar-refractivity contribution is -0.130. The third kappa shape index (κ3) is 5.26. The Morgan fingerprint density at radius 3 is 2.77 bits per heavy atom. The van der Waals surface area contributed by atoms with Gasteiger partial charge < -0.3 is 10.2 Å². The Balaban J connectivity index is 3.72. The summed E-state index contributed by atoms with van der Waals surface area (Å²) in [6, 6.07) is 0. The molecular weight excluding hydrogens is 164 g/mol. The predicted octanol–water partition coefficient (Wildman–Crippen LogP) is 0.468. The summed E-state index contributed by atoms with van der Waals surface area (Å²) in [5, 5.41) is 3.00. The van der Waals surface area contributed by atoms with Crippen LogP contribution in [0.5, 0.6) is 0 Å². The molecule has 0 fully saturated rings. The van der Waals surface area contributed by atoms with E-state index in [9.17, 15) is 4.79 Å². The fourth-order valence-corrected chi connectivity index (χ4v) is 1.06. The highest BCUT2D eigenvalue weighted by Gasteiger charge is 2.08. The maximum atomic E-state index is 11.4. The Morgan fingerprint density at radius 1 is 1.62 bits per heavy atom. The molecule has 0 radical (unpaired) electrons. The van der Waals surface area contributed by atoms with Crippen LogP contribution in [-0.4, -0.2) is 37.5 Å².